The Balaban J connectivity index is 1.78. The lowest BCUT2D eigenvalue weighted by molar-refractivity contribution is 0.567. The van der Waals surface area contributed by atoms with E-state index >= 15 is 0 Å². The number of rotatable bonds is 4. The number of oxazole rings is 1. The smallest absolute Gasteiger partial charge is 0.226 e. The predicted octanol–water partition coefficient (Wildman–Crippen LogP) is 2.86. The van der Waals surface area contributed by atoms with Crippen molar-refractivity contribution < 1.29 is 8.81 Å². The van der Waals surface area contributed by atoms with Gasteiger partial charge in [0.05, 0.1) is 24.3 Å². The molecule has 2 aromatic heterocycles. The molecular weight excluding hydrogens is 283 g/mol. The normalized spacial score (nSPS) is 10.9. The molecule has 3 aromatic rings. The van der Waals surface area contributed by atoms with Crippen molar-refractivity contribution in [1.82, 2.24) is 20.0 Å². The maximum atomic E-state index is 12.9. The average Bonchev–Trinajstić information content (AvgIpc) is 3.09. The third kappa shape index (κ3) is 2.70. The van der Waals surface area contributed by atoms with E-state index in [1.165, 1.54) is 12.1 Å². The molecule has 0 aliphatic rings. The van der Waals surface area contributed by atoms with Crippen LogP contribution in [0.1, 0.15) is 11.4 Å². The number of hydrogen-bond acceptors (Lipinski definition) is 4. The van der Waals surface area contributed by atoms with Gasteiger partial charge in [-0.15, -0.1) is 16.7 Å². The van der Waals surface area contributed by atoms with E-state index in [2.05, 4.69) is 15.3 Å². The summed E-state index contributed by atoms with van der Waals surface area (Å²) in [5.41, 5.74) is 2.13. The Morgan fingerprint density at radius 2 is 2.00 bits per heavy atom. The zero-order chi connectivity index (χ0) is 13.9. The molecule has 0 saturated carbocycles. The first-order valence-electron chi connectivity index (χ1n) is 5.90. The topological polar surface area (TPSA) is 56.7 Å². The van der Waals surface area contributed by atoms with Crippen LogP contribution in [0.2, 0.25) is 0 Å². The first-order valence-corrected chi connectivity index (χ1v) is 6.43. The standard InChI is InChI=1S/C13H10ClFN4O/c14-5-11-6-19(18-17-11)7-12-8-20-13(16-12)9-1-3-10(15)4-2-9/h1-4,6,8H,5,7H2. The molecule has 0 saturated heterocycles. The maximum Gasteiger partial charge on any atom is 0.226 e. The lowest BCUT2D eigenvalue weighted by Crippen LogP contribution is -2.00. The summed E-state index contributed by atoms with van der Waals surface area (Å²) in [5, 5.41) is 7.81. The van der Waals surface area contributed by atoms with Crippen molar-refractivity contribution in [3.63, 3.8) is 0 Å². The van der Waals surface area contributed by atoms with Crippen LogP contribution >= 0.6 is 11.6 Å². The van der Waals surface area contributed by atoms with Gasteiger partial charge < -0.3 is 4.42 Å². The number of alkyl halides is 1. The molecule has 0 unspecified atom stereocenters. The second-order valence-corrected chi connectivity index (χ2v) is 4.46. The van der Waals surface area contributed by atoms with Crippen LogP contribution in [0.3, 0.4) is 0 Å². The van der Waals surface area contributed by atoms with E-state index in [9.17, 15) is 4.39 Å². The number of benzene rings is 1. The van der Waals surface area contributed by atoms with Gasteiger partial charge >= 0.3 is 0 Å². The second kappa shape index (κ2) is 5.42. The molecule has 1 aromatic carbocycles. The second-order valence-electron chi connectivity index (χ2n) is 4.19. The molecule has 0 N–H and O–H groups in total. The summed E-state index contributed by atoms with van der Waals surface area (Å²) in [6, 6.07) is 5.96. The summed E-state index contributed by atoms with van der Waals surface area (Å²) in [7, 11) is 0. The van der Waals surface area contributed by atoms with E-state index in [-0.39, 0.29) is 5.82 Å². The van der Waals surface area contributed by atoms with Gasteiger partial charge in [-0.1, -0.05) is 5.21 Å². The van der Waals surface area contributed by atoms with Gasteiger partial charge in [-0.3, -0.25) is 0 Å². The summed E-state index contributed by atoms with van der Waals surface area (Å²) in [4.78, 5) is 4.33. The molecule has 2 heterocycles. The number of hydrogen-bond donors (Lipinski definition) is 0. The van der Waals surface area contributed by atoms with Gasteiger partial charge in [-0.2, -0.15) is 0 Å². The van der Waals surface area contributed by atoms with Gasteiger partial charge in [0.25, 0.3) is 0 Å². The largest absolute Gasteiger partial charge is 0.444 e. The molecule has 7 heteroatoms. The molecule has 0 fully saturated rings. The fourth-order valence-electron chi connectivity index (χ4n) is 1.75. The lowest BCUT2D eigenvalue weighted by Gasteiger charge is -1.95. The van der Waals surface area contributed by atoms with Gasteiger partial charge in [-0.25, -0.2) is 14.1 Å². The first kappa shape index (κ1) is 12.8. The molecule has 0 radical (unpaired) electrons. The molecule has 102 valence electrons. The Bertz CT molecular complexity index is 707. The third-order valence-electron chi connectivity index (χ3n) is 2.69. The minimum absolute atomic E-state index is 0.295. The van der Waals surface area contributed by atoms with Gasteiger partial charge in [-0.05, 0) is 24.3 Å². The zero-order valence-electron chi connectivity index (χ0n) is 10.3. The first-order chi connectivity index (χ1) is 9.74. The van der Waals surface area contributed by atoms with Crippen LogP contribution in [0.25, 0.3) is 11.5 Å². The van der Waals surface area contributed by atoms with Gasteiger partial charge in [0.15, 0.2) is 0 Å². The molecule has 20 heavy (non-hydrogen) atoms. The van der Waals surface area contributed by atoms with Crippen molar-refractivity contribution in [2.45, 2.75) is 12.4 Å². The van der Waals surface area contributed by atoms with E-state index in [4.69, 9.17) is 16.0 Å². The van der Waals surface area contributed by atoms with Crippen molar-refractivity contribution in [2.24, 2.45) is 0 Å². The minimum atomic E-state index is -0.295. The van der Waals surface area contributed by atoms with E-state index < -0.39 is 0 Å². The number of nitrogens with zero attached hydrogens (tertiary/aromatic N) is 4. The molecule has 0 aliphatic heterocycles. The summed E-state index contributed by atoms with van der Waals surface area (Å²) >= 11 is 5.66. The highest BCUT2D eigenvalue weighted by Crippen LogP contribution is 2.19. The van der Waals surface area contributed by atoms with Crippen LogP contribution in [-0.2, 0) is 12.4 Å². The molecule has 0 spiro atoms. The molecule has 0 bridgehead atoms. The van der Waals surface area contributed by atoms with Crippen LogP contribution < -0.4 is 0 Å². The number of aromatic nitrogens is 4. The quantitative estimate of drug-likeness (QED) is 0.694. The molecule has 0 aliphatic carbocycles. The Morgan fingerprint density at radius 1 is 1.20 bits per heavy atom. The molecule has 5 nitrogen and oxygen atoms in total. The highest BCUT2D eigenvalue weighted by atomic mass is 35.5. The molecule has 0 amide bonds. The summed E-state index contributed by atoms with van der Waals surface area (Å²) < 4.78 is 19.9. The van der Waals surface area contributed by atoms with Crippen molar-refractivity contribution in [1.29, 1.82) is 0 Å². The van der Waals surface area contributed by atoms with E-state index in [1.807, 2.05) is 0 Å². The van der Waals surface area contributed by atoms with Crippen LogP contribution in [0.5, 0.6) is 0 Å². The fourth-order valence-corrected chi connectivity index (χ4v) is 1.87. The monoisotopic (exact) mass is 292 g/mol. The van der Waals surface area contributed by atoms with Crippen LogP contribution in [0.15, 0.2) is 41.1 Å². The lowest BCUT2D eigenvalue weighted by atomic mass is 10.2. The molecule has 3 rings (SSSR count). The van der Waals surface area contributed by atoms with E-state index in [0.29, 0.717) is 29.7 Å². The zero-order valence-corrected chi connectivity index (χ0v) is 11.1. The van der Waals surface area contributed by atoms with Crippen molar-refractivity contribution in [3.05, 3.63) is 53.9 Å². The van der Waals surface area contributed by atoms with Crippen LogP contribution in [0, 0.1) is 5.82 Å². The summed E-state index contributed by atoms with van der Waals surface area (Å²) in [6.07, 6.45) is 3.29. The highest BCUT2D eigenvalue weighted by molar-refractivity contribution is 6.16. The maximum absolute atomic E-state index is 12.9. The van der Waals surface area contributed by atoms with Gasteiger partial charge in [0.1, 0.15) is 17.8 Å². The van der Waals surface area contributed by atoms with Crippen LogP contribution in [-0.4, -0.2) is 20.0 Å². The van der Waals surface area contributed by atoms with Crippen LogP contribution in [0.4, 0.5) is 4.39 Å². The fraction of sp³-hybridized carbons (Fsp3) is 0.154. The average molecular weight is 293 g/mol. The number of halogens is 2. The molecule has 0 atom stereocenters. The Morgan fingerprint density at radius 3 is 2.70 bits per heavy atom. The Kier molecular flexibility index (Phi) is 3.47. The SMILES string of the molecule is Fc1ccc(-c2nc(Cn3cc(CCl)nn3)co2)cc1. The minimum Gasteiger partial charge on any atom is -0.444 e. The predicted molar refractivity (Wildman–Crippen MR) is 70.6 cm³/mol. The summed E-state index contributed by atoms with van der Waals surface area (Å²) in [5.74, 6) is 0.467. The van der Waals surface area contributed by atoms with E-state index in [1.54, 1.807) is 29.3 Å². The highest BCUT2D eigenvalue weighted by Gasteiger charge is 2.08. The van der Waals surface area contributed by atoms with Crippen molar-refractivity contribution in [3.8, 4) is 11.5 Å². The van der Waals surface area contributed by atoms with E-state index in [0.717, 1.165) is 5.56 Å². The third-order valence-corrected chi connectivity index (χ3v) is 2.96. The molecular formula is C13H10ClFN4O. The van der Waals surface area contributed by atoms with Gasteiger partial charge in [0, 0.05) is 5.56 Å². The Labute approximate surface area is 119 Å². The van der Waals surface area contributed by atoms with Gasteiger partial charge in [0.2, 0.25) is 5.89 Å². The van der Waals surface area contributed by atoms with Crippen molar-refractivity contribution in [2.75, 3.05) is 0 Å². The van der Waals surface area contributed by atoms with Crippen molar-refractivity contribution >= 4 is 11.6 Å². The Hall–Kier alpha value is -2.21. The summed E-state index contributed by atoms with van der Waals surface area (Å²) in [6.45, 7) is 0.439.